The van der Waals surface area contributed by atoms with E-state index >= 15 is 0 Å². The van der Waals surface area contributed by atoms with Crippen molar-refractivity contribution in [1.29, 1.82) is 0 Å². The lowest BCUT2D eigenvalue weighted by atomic mass is 9.94. The first-order valence-corrected chi connectivity index (χ1v) is 6.58. The van der Waals surface area contributed by atoms with Gasteiger partial charge in [-0.25, -0.2) is 9.59 Å². The van der Waals surface area contributed by atoms with Crippen molar-refractivity contribution in [1.82, 2.24) is 5.32 Å². The number of carboxylic acid groups (broad SMARTS) is 1. The Bertz CT molecular complexity index is 317. The number of rotatable bonds is 4. The van der Waals surface area contributed by atoms with E-state index in [1.165, 1.54) is 0 Å². The van der Waals surface area contributed by atoms with Crippen LogP contribution in [0, 0.1) is 5.92 Å². The molecule has 1 rings (SSSR count). The van der Waals surface area contributed by atoms with Gasteiger partial charge in [0, 0.05) is 13.2 Å². The molecule has 0 saturated carbocycles. The summed E-state index contributed by atoms with van der Waals surface area (Å²) in [5.74, 6) is -0.874. The molecule has 0 radical (unpaired) electrons. The number of amides is 1. The SMILES string of the molecule is CC(C)(C)OC(=O)NC(CC1CCCOC1)C(=O)O. The Morgan fingerprint density at radius 3 is 2.63 bits per heavy atom. The second kappa shape index (κ2) is 6.75. The van der Waals surface area contributed by atoms with Gasteiger partial charge in [-0.1, -0.05) is 0 Å². The van der Waals surface area contributed by atoms with Crippen molar-refractivity contribution >= 4 is 12.1 Å². The molecule has 6 nitrogen and oxygen atoms in total. The molecule has 0 aromatic carbocycles. The number of ether oxygens (including phenoxy) is 2. The fraction of sp³-hybridized carbons (Fsp3) is 0.846. The summed E-state index contributed by atoms with van der Waals surface area (Å²) in [5, 5.41) is 11.5. The highest BCUT2D eigenvalue weighted by molar-refractivity contribution is 5.80. The number of alkyl carbamates (subject to hydrolysis) is 1. The van der Waals surface area contributed by atoms with Crippen LogP contribution in [0.15, 0.2) is 0 Å². The van der Waals surface area contributed by atoms with Crippen LogP contribution in [-0.2, 0) is 14.3 Å². The fourth-order valence-electron chi connectivity index (χ4n) is 2.00. The molecule has 19 heavy (non-hydrogen) atoms. The molecule has 1 amide bonds. The summed E-state index contributed by atoms with van der Waals surface area (Å²) in [5.41, 5.74) is -0.638. The average molecular weight is 273 g/mol. The zero-order valence-corrected chi connectivity index (χ0v) is 11.8. The highest BCUT2D eigenvalue weighted by Crippen LogP contribution is 2.19. The lowest BCUT2D eigenvalue weighted by molar-refractivity contribution is -0.140. The van der Waals surface area contributed by atoms with E-state index in [1.807, 2.05) is 0 Å². The van der Waals surface area contributed by atoms with Crippen molar-refractivity contribution in [3.05, 3.63) is 0 Å². The Morgan fingerprint density at radius 1 is 1.47 bits per heavy atom. The Hall–Kier alpha value is -1.30. The molecule has 0 aliphatic carbocycles. The maximum Gasteiger partial charge on any atom is 0.408 e. The molecule has 2 unspecified atom stereocenters. The number of carbonyl (C=O) groups excluding carboxylic acids is 1. The summed E-state index contributed by atoms with van der Waals surface area (Å²) in [7, 11) is 0. The molecule has 1 fully saturated rings. The molecule has 6 heteroatoms. The first-order valence-electron chi connectivity index (χ1n) is 6.58. The topological polar surface area (TPSA) is 84.9 Å². The Labute approximate surface area is 113 Å². The Morgan fingerprint density at radius 2 is 2.16 bits per heavy atom. The van der Waals surface area contributed by atoms with Gasteiger partial charge in [0.2, 0.25) is 0 Å². The van der Waals surface area contributed by atoms with Gasteiger partial charge < -0.3 is 19.9 Å². The van der Waals surface area contributed by atoms with E-state index in [4.69, 9.17) is 14.6 Å². The molecular weight excluding hydrogens is 250 g/mol. The minimum Gasteiger partial charge on any atom is -0.480 e. The van der Waals surface area contributed by atoms with Gasteiger partial charge in [-0.3, -0.25) is 0 Å². The third-order valence-electron chi connectivity index (χ3n) is 2.81. The summed E-state index contributed by atoms with van der Waals surface area (Å²) in [4.78, 5) is 22.8. The molecule has 0 spiro atoms. The molecule has 1 heterocycles. The smallest absolute Gasteiger partial charge is 0.408 e. The summed E-state index contributed by atoms with van der Waals surface area (Å²) in [6, 6.07) is -0.929. The van der Waals surface area contributed by atoms with Gasteiger partial charge in [0.05, 0.1) is 0 Å². The van der Waals surface area contributed by atoms with Crippen LogP contribution >= 0.6 is 0 Å². The predicted molar refractivity (Wildman–Crippen MR) is 69.0 cm³/mol. The van der Waals surface area contributed by atoms with Crippen molar-refractivity contribution in [2.75, 3.05) is 13.2 Å². The number of aliphatic carboxylic acids is 1. The van der Waals surface area contributed by atoms with E-state index in [1.54, 1.807) is 20.8 Å². The second-order valence-corrected chi connectivity index (χ2v) is 5.86. The van der Waals surface area contributed by atoms with Crippen molar-refractivity contribution in [3.8, 4) is 0 Å². The standard InChI is InChI=1S/C13H23NO5/c1-13(2,3)19-12(17)14-10(11(15)16)7-9-5-4-6-18-8-9/h9-10H,4-8H2,1-3H3,(H,14,17)(H,15,16). The number of hydrogen-bond donors (Lipinski definition) is 2. The van der Waals surface area contributed by atoms with Crippen LogP contribution in [0.2, 0.25) is 0 Å². The highest BCUT2D eigenvalue weighted by Gasteiger charge is 2.27. The molecule has 1 saturated heterocycles. The van der Waals surface area contributed by atoms with E-state index < -0.39 is 23.7 Å². The summed E-state index contributed by atoms with van der Waals surface area (Å²) < 4.78 is 10.4. The van der Waals surface area contributed by atoms with Gasteiger partial charge in [0.1, 0.15) is 11.6 Å². The minimum absolute atomic E-state index is 0.171. The zero-order valence-electron chi connectivity index (χ0n) is 11.8. The van der Waals surface area contributed by atoms with Crippen LogP contribution in [0.4, 0.5) is 4.79 Å². The van der Waals surface area contributed by atoms with Gasteiger partial charge >= 0.3 is 12.1 Å². The number of nitrogens with one attached hydrogen (secondary N) is 1. The lowest BCUT2D eigenvalue weighted by Crippen LogP contribution is -2.45. The Balaban J connectivity index is 2.48. The van der Waals surface area contributed by atoms with Crippen LogP contribution < -0.4 is 5.32 Å². The van der Waals surface area contributed by atoms with E-state index in [0.717, 1.165) is 19.4 Å². The molecule has 1 aliphatic rings. The van der Waals surface area contributed by atoms with Crippen molar-refractivity contribution in [2.24, 2.45) is 5.92 Å². The molecule has 2 atom stereocenters. The summed E-state index contributed by atoms with van der Waals surface area (Å²) in [6.07, 6.45) is 1.54. The van der Waals surface area contributed by atoms with Gasteiger partial charge in [-0.15, -0.1) is 0 Å². The van der Waals surface area contributed by atoms with E-state index in [9.17, 15) is 9.59 Å². The maximum absolute atomic E-state index is 11.6. The van der Waals surface area contributed by atoms with Crippen LogP contribution in [0.5, 0.6) is 0 Å². The van der Waals surface area contributed by atoms with Crippen LogP contribution in [-0.4, -0.2) is 42.0 Å². The third-order valence-corrected chi connectivity index (χ3v) is 2.81. The second-order valence-electron chi connectivity index (χ2n) is 5.86. The first kappa shape index (κ1) is 15.8. The van der Waals surface area contributed by atoms with Crippen molar-refractivity contribution in [2.45, 2.75) is 51.7 Å². The van der Waals surface area contributed by atoms with Crippen LogP contribution in [0.3, 0.4) is 0 Å². The van der Waals surface area contributed by atoms with Crippen LogP contribution in [0.1, 0.15) is 40.0 Å². The van der Waals surface area contributed by atoms with Gasteiger partial charge in [0.15, 0.2) is 0 Å². The average Bonchev–Trinajstić information content (AvgIpc) is 2.26. The van der Waals surface area contributed by atoms with Gasteiger partial charge in [-0.05, 0) is 46.0 Å². The lowest BCUT2D eigenvalue weighted by Gasteiger charge is -2.26. The van der Waals surface area contributed by atoms with Crippen molar-refractivity contribution in [3.63, 3.8) is 0 Å². The highest BCUT2D eigenvalue weighted by atomic mass is 16.6. The Kier molecular flexibility index (Phi) is 5.60. The predicted octanol–water partition coefficient (Wildman–Crippen LogP) is 1.78. The minimum atomic E-state index is -1.04. The summed E-state index contributed by atoms with van der Waals surface area (Å²) >= 11 is 0. The van der Waals surface area contributed by atoms with E-state index in [0.29, 0.717) is 13.0 Å². The molecule has 0 aromatic rings. The zero-order chi connectivity index (χ0) is 14.5. The molecule has 110 valence electrons. The fourth-order valence-corrected chi connectivity index (χ4v) is 2.00. The number of hydrogen-bond acceptors (Lipinski definition) is 4. The largest absolute Gasteiger partial charge is 0.480 e. The van der Waals surface area contributed by atoms with Crippen LogP contribution in [0.25, 0.3) is 0 Å². The van der Waals surface area contributed by atoms with Gasteiger partial charge in [0.25, 0.3) is 0 Å². The number of carboxylic acids is 1. The molecule has 0 bridgehead atoms. The quantitative estimate of drug-likeness (QED) is 0.815. The first-order chi connectivity index (χ1) is 8.78. The molecule has 2 N–H and O–H groups in total. The number of carbonyl (C=O) groups is 2. The summed E-state index contributed by atoms with van der Waals surface area (Å²) in [6.45, 7) is 6.49. The molecular formula is C13H23NO5. The monoisotopic (exact) mass is 273 g/mol. The molecule has 0 aromatic heterocycles. The molecule has 1 aliphatic heterocycles. The third kappa shape index (κ3) is 6.42. The van der Waals surface area contributed by atoms with Gasteiger partial charge in [-0.2, -0.15) is 0 Å². The normalized spacial score (nSPS) is 21.5. The van der Waals surface area contributed by atoms with E-state index in [-0.39, 0.29) is 5.92 Å². The maximum atomic E-state index is 11.6. The van der Waals surface area contributed by atoms with E-state index in [2.05, 4.69) is 5.32 Å². The van der Waals surface area contributed by atoms with Crippen molar-refractivity contribution < 1.29 is 24.2 Å².